The first kappa shape index (κ1) is 14.3. The zero-order valence-corrected chi connectivity index (χ0v) is 11.7. The van der Waals surface area contributed by atoms with E-state index in [1.54, 1.807) is 11.8 Å². The maximum Gasteiger partial charge on any atom is 0.211 e. The first-order valence-corrected chi connectivity index (χ1v) is 8.70. The van der Waals surface area contributed by atoms with Crippen molar-refractivity contribution in [2.75, 3.05) is 25.6 Å². The summed E-state index contributed by atoms with van der Waals surface area (Å²) >= 11 is 1.77. The molecule has 6 heteroatoms. The Morgan fingerprint density at radius 3 is 2.75 bits per heavy atom. The van der Waals surface area contributed by atoms with Crippen LogP contribution in [-0.4, -0.2) is 45.3 Å². The summed E-state index contributed by atoms with van der Waals surface area (Å²) in [6, 6.07) is 0.148. The average molecular weight is 266 g/mol. The van der Waals surface area contributed by atoms with Gasteiger partial charge in [0.25, 0.3) is 0 Å². The van der Waals surface area contributed by atoms with Gasteiger partial charge in [-0.25, -0.2) is 13.1 Å². The molecular formula is C10H22N2O2S2. The summed E-state index contributed by atoms with van der Waals surface area (Å²) in [5.74, 6) is 0.228. The van der Waals surface area contributed by atoms with Gasteiger partial charge in [0.2, 0.25) is 10.0 Å². The van der Waals surface area contributed by atoms with E-state index >= 15 is 0 Å². The van der Waals surface area contributed by atoms with Gasteiger partial charge < -0.3 is 5.32 Å². The number of thioether (sulfide) groups is 1. The van der Waals surface area contributed by atoms with Crippen molar-refractivity contribution in [1.82, 2.24) is 10.0 Å². The quantitative estimate of drug-likeness (QED) is 0.669. The summed E-state index contributed by atoms with van der Waals surface area (Å²) < 4.78 is 26.4. The van der Waals surface area contributed by atoms with Crippen LogP contribution < -0.4 is 10.0 Å². The Kier molecular flexibility index (Phi) is 6.10. The van der Waals surface area contributed by atoms with E-state index in [1.807, 2.05) is 7.05 Å². The molecule has 0 saturated heterocycles. The van der Waals surface area contributed by atoms with Crippen LogP contribution in [0.15, 0.2) is 0 Å². The number of nitrogens with one attached hydrogen (secondary N) is 2. The van der Waals surface area contributed by atoms with E-state index in [1.165, 1.54) is 0 Å². The number of hydrogen-bond acceptors (Lipinski definition) is 4. The van der Waals surface area contributed by atoms with E-state index < -0.39 is 10.0 Å². The molecule has 1 rings (SSSR count). The third-order valence-corrected chi connectivity index (χ3v) is 5.58. The van der Waals surface area contributed by atoms with Gasteiger partial charge >= 0.3 is 0 Å². The van der Waals surface area contributed by atoms with Gasteiger partial charge in [0.1, 0.15) is 0 Å². The summed E-state index contributed by atoms with van der Waals surface area (Å²) in [4.78, 5) is 0. The van der Waals surface area contributed by atoms with Crippen molar-refractivity contribution in [3.8, 4) is 0 Å². The Hall–Kier alpha value is 0.220. The molecule has 4 nitrogen and oxygen atoms in total. The fourth-order valence-corrected chi connectivity index (χ4v) is 4.48. The second-order valence-electron chi connectivity index (χ2n) is 4.21. The van der Waals surface area contributed by atoms with Crippen LogP contribution >= 0.6 is 11.8 Å². The highest BCUT2D eigenvalue weighted by Gasteiger charge is 2.29. The molecule has 16 heavy (non-hydrogen) atoms. The lowest BCUT2D eigenvalue weighted by Crippen LogP contribution is -2.40. The predicted molar refractivity (Wildman–Crippen MR) is 70.4 cm³/mol. The molecule has 2 N–H and O–H groups in total. The third kappa shape index (κ3) is 4.61. The molecule has 1 aliphatic rings. The molecule has 0 aromatic heterocycles. The molecule has 0 bridgehead atoms. The molecule has 1 fully saturated rings. The van der Waals surface area contributed by atoms with E-state index in [-0.39, 0.29) is 11.8 Å². The number of hydrogen-bond donors (Lipinski definition) is 2. The highest BCUT2D eigenvalue weighted by atomic mass is 32.2. The number of rotatable bonds is 7. The maximum absolute atomic E-state index is 11.8. The average Bonchev–Trinajstić information content (AvgIpc) is 2.64. The second-order valence-corrected chi connectivity index (χ2v) is 7.16. The van der Waals surface area contributed by atoms with Gasteiger partial charge in [-0.2, -0.15) is 11.8 Å². The minimum absolute atomic E-state index is 0.148. The predicted octanol–water partition coefficient (Wildman–Crippen LogP) is 0.799. The van der Waals surface area contributed by atoms with Crippen molar-refractivity contribution in [3.05, 3.63) is 0 Å². The molecule has 1 saturated carbocycles. The first-order chi connectivity index (χ1) is 7.59. The molecule has 96 valence electrons. The lowest BCUT2D eigenvalue weighted by Gasteiger charge is -2.19. The number of sulfonamides is 1. The monoisotopic (exact) mass is 266 g/mol. The zero-order valence-electron chi connectivity index (χ0n) is 10.0. The van der Waals surface area contributed by atoms with Crippen LogP contribution in [0.4, 0.5) is 0 Å². The minimum Gasteiger partial charge on any atom is -0.320 e. The zero-order chi connectivity index (χ0) is 12.0. The van der Waals surface area contributed by atoms with Gasteiger partial charge in [0.05, 0.1) is 5.75 Å². The summed E-state index contributed by atoms with van der Waals surface area (Å²) in [5.41, 5.74) is 0. The maximum atomic E-state index is 11.8. The summed E-state index contributed by atoms with van der Waals surface area (Å²) in [6.07, 6.45) is 5.97. The summed E-state index contributed by atoms with van der Waals surface area (Å²) in [7, 11) is -1.25. The first-order valence-electron chi connectivity index (χ1n) is 5.76. The highest BCUT2D eigenvalue weighted by molar-refractivity contribution is 7.99. The van der Waals surface area contributed by atoms with Crippen LogP contribution in [0.5, 0.6) is 0 Å². The molecule has 0 amide bonds. The molecule has 0 aromatic carbocycles. The summed E-state index contributed by atoms with van der Waals surface area (Å²) in [5, 5.41) is 3.42. The SMILES string of the molecule is CNCCCS(=O)(=O)NC1CCCC1SC. The Morgan fingerprint density at radius 1 is 1.38 bits per heavy atom. The molecule has 0 aromatic rings. The van der Waals surface area contributed by atoms with Crippen LogP contribution in [0.1, 0.15) is 25.7 Å². The van der Waals surface area contributed by atoms with Crippen LogP contribution in [0.3, 0.4) is 0 Å². The normalized spacial score (nSPS) is 26.1. The molecule has 0 spiro atoms. The molecule has 0 heterocycles. The smallest absolute Gasteiger partial charge is 0.211 e. The topological polar surface area (TPSA) is 58.2 Å². The molecule has 0 aliphatic heterocycles. The van der Waals surface area contributed by atoms with Crippen molar-refractivity contribution in [3.63, 3.8) is 0 Å². The molecule has 0 radical (unpaired) electrons. The standard InChI is InChI=1S/C10H22N2O2S2/c1-11-7-4-8-16(13,14)12-9-5-3-6-10(9)15-2/h9-12H,3-8H2,1-2H3. The lowest BCUT2D eigenvalue weighted by atomic mass is 10.3. The Balaban J connectivity index is 2.39. The fourth-order valence-electron chi connectivity index (χ4n) is 2.07. The van der Waals surface area contributed by atoms with E-state index in [4.69, 9.17) is 0 Å². The third-order valence-electron chi connectivity index (χ3n) is 2.93. The van der Waals surface area contributed by atoms with E-state index in [0.29, 0.717) is 11.7 Å². The van der Waals surface area contributed by atoms with Gasteiger partial charge in [-0.15, -0.1) is 0 Å². The second kappa shape index (κ2) is 6.83. The molecule has 2 atom stereocenters. The van der Waals surface area contributed by atoms with E-state index in [9.17, 15) is 8.42 Å². The van der Waals surface area contributed by atoms with Crippen LogP contribution in [0, 0.1) is 0 Å². The van der Waals surface area contributed by atoms with Crippen LogP contribution in [-0.2, 0) is 10.0 Å². The van der Waals surface area contributed by atoms with Gasteiger partial charge in [0.15, 0.2) is 0 Å². The largest absolute Gasteiger partial charge is 0.320 e. The minimum atomic E-state index is -3.08. The highest BCUT2D eigenvalue weighted by Crippen LogP contribution is 2.28. The van der Waals surface area contributed by atoms with Gasteiger partial charge in [-0.05, 0) is 39.1 Å². The van der Waals surface area contributed by atoms with Crippen molar-refractivity contribution in [2.45, 2.75) is 37.0 Å². The van der Waals surface area contributed by atoms with Crippen molar-refractivity contribution < 1.29 is 8.42 Å². The Morgan fingerprint density at radius 2 is 2.12 bits per heavy atom. The van der Waals surface area contributed by atoms with E-state index in [0.717, 1.165) is 25.8 Å². The lowest BCUT2D eigenvalue weighted by molar-refractivity contribution is 0.552. The van der Waals surface area contributed by atoms with Crippen LogP contribution in [0.2, 0.25) is 0 Å². The van der Waals surface area contributed by atoms with Gasteiger partial charge in [-0.1, -0.05) is 6.42 Å². The summed E-state index contributed by atoms with van der Waals surface area (Å²) in [6.45, 7) is 0.748. The molecule has 1 aliphatic carbocycles. The Bertz CT molecular complexity index is 293. The fraction of sp³-hybridized carbons (Fsp3) is 1.00. The molecular weight excluding hydrogens is 244 g/mol. The Labute approximate surface area is 103 Å². The van der Waals surface area contributed by atoms with Crippen molar-refractivity contribution in [2.24, 2.45) is 0 Å². The van der Waals surface area contributed by atoms with Crippen LogP contribution in [0.25, 0.3) is 0 Å². The van der Waals surface area contributed by atoms with Crippen molar-refractivity contribution >= 4 is 21.8 Å². The van der Waals surface area contributed by atoms with Gasteiger partial charge in [-0.3, -0.25) is 0 Å². The molecule has 2 unspecified atom stereocenters. The van der Waals surface area contributed by atoms with E-state index in [2.05, 4.69) is 16.3 Å². The van der Waals surface area contributed by atoms with Gasteiger partial charge in [0, 0.05) is 11.3 Å². The van der Waals surface area contributed by atoms with Crippen molar-refractivity contribution in [1.29, 1.82) is 0 Å².